The van der Waals surface area contributed by atoms with E-state index in [0.29, 0.717) is 6.20 Å². The van der Waals surface area contributed by atoms with Gasteiger partial charge in [-0.1, -0.05) is 6.92 Å². The van der Waals surface area contributed by atoms with Crippen LogP contribution in [0.15, 0.2) is 35.5 Å². The summed E-state index contributed by atoms with van der Waals surface area (Å²) in [5.74, 6) is -3.68. The van der Waals surface area contributed by atoms with Gasteiger partial charge in [0.1, 0.15) is 11.6 Å². The van der Waals surface area contributed by atoms with Gasteiger partial charge in [0.05, 0.1) is 16.7 Å². The Labute approximate surface area is 156 Å². The Morgan fingerprint density at radius 1 is 0.964 bits per heavy atom. The number of alkyl halides is 3. The molecule has 1 aliphatic rings. The molecule has 1 aliphatic carbocycles. The van der Waals surface area contributed by atoms with Crippen molar-refractivity contribution in [2.24, 2.45) is 0 Å². The number of ketones is 2. The zero-order valence-electron chi connectivity index (χ0n) is 14.9. The third-order valence-corrected chi connectivity index (χ3v) is 4.68. The number of carbonyl (C=O) groups excluding carboxylic acids is 2. The van der Waals surface area contributed by atoms with Crippen molar-refractivity contribution in [1.29, 1.82) is 0 Å². The Kier molecular flexibility index (Phi) is 4.91. The number of fused-ring (bicyclic) bond motifs is 1. The van der Waals surface area contributed by atoms with Crippen LogP contribution in [0.2, 0.25) is 0 Å². The van der Waals surface area contributed by atoms with E-state index >= 15 is 0 Å². The third-order valence-electron chi connectivity index (χ3n) is 4.68. The third kappa shape index (κ3) is 3.23. The fourth-order valence-electron chi connectivity index (χ4n) is 3.24. The maximum Gasteiger partial charge on any atom is 0.417 e. The van der Waals surface area contributed by atoms with E-state index < -0.39 is 46.1 Å². The monoisotopic (exact) mass is 395 g/mol. The van der Waals surface area contributed by atoms with Crippen molar-refractivity contribution in [1.82, 2.24) is 4.98 Å². The second kappa shape index (κ2) is 6.92. The van der Waals surface area contributed by atoms with Crippen LogP contribution in [-0.4, -0.2) is 16.6 Å². The fourth-order valence-corrected chi connectivity index (χ4v) is 3.24. The molecule has 0 saturated heterocycles. The number of pyridine rings is 1. The first-order valence-electron chi connectivity index (χ1n) is 8.38. The molecule has 0 unspecified atom stereocenters. The second-order valence-electron chi connectivity index (χ2n) is 6.41. The number of aromatic nitrogens is 1. The molecule has 2 aromatic rings. The predicted octanol–water partition coefficient (Wildman–Crippen LogP) is 5.02. The Hall–Kier alpha value is -2.90. The van der Waals surface area contributed by atoms with Crippen LogP contribution >= 0.6 is 0 Å². The van der Waals surface area contributed by atoms with Crippen LogP contribution in [0.5, 0.6) is 0 Å². The topological polar surface area (TPSA) is 47.0 Å². The van der Waals surface area contributed by atoms with Gasteiger partial charge in [-0.3, -0.25) is 14.6 Å². The van der Waals surface area contributed by atoms with E-state index in [1.54, 1.807) is 6.92 Å². The summed E-state index contributed by atoms with van der Waals surface area (Å²) in [6.45, 7) is 2.98. The number of aryl methyl sites for hydroxylation is 1. The van der Waals surface area contributed by atoms with Crippen LogP contribution in [0, 0.1) is 18.6 Å². The van der Waals surface area contributed by atoms with Gasteiger partial charge in [-0.15, -0.1) is 0 Å². The van der Waals surface area contributed by atoms with Crippen LogP contribution in [0.4, 0.5) is 22.0 Å². The van der Waals surface area contributed by atoms with Crippen LogP contribution < -0.4 is 0 Å². The molecule has 0 fully saturated rings. The zero-order chi connectivity index (χ0) is 20.8. The minimum absolute atomic E-state index is 0.00287. The molecule has 146 valence electrons. The summed E-state index contributed by atoms with van der Waals surface area (Å²) in [4.78, 5) is 29.3. The Balaban J connectivity index is 2.10. The smallest absolute Gasteiger partial charge is 0.289 e. The van der Waals surface area contributed by atoms with Gasteiger partial charge in [0.25, 0.3) is 0 Å². The first-order chi connectivity index (χ1) is 13.1. The summed E-state index contributed by atoms with van der Waals surface area (Å²) >= 11 is 0. The van der Waals surface area contributed by atoms with Gasteiger partial charge in [-0.05, 0) is 37.1 Å². The average molecular weight is 395 g/mol. The fraction of sp³-hybridized carbons (Fsp3) is 0.250. The molecule has 0 radical (unpaired) electrons. The lowest BCUT2D eigenvalue weighted by molar-refractivity contribution is -0.137. The molecule has 8 heteroatoms. The Bertz CT molecular complexity index is 1040. The summed E-state index contributed by atoms with van der Waals surface area (Å²) in [7, 11) is 0. The van der Waals surface area contributed by atoms with Crippen molar-refractivity contribution in [3.05, 3.63) is 75.1 Å². The van der Waals surface area contributed by atoms with Crippen molar-refractivity contribution in [2.75, 3.05) is 0 Å². The number of hydrogen-bond acceptors (Lipinski definition) is 3. The maximum atomic E-state index is 14.2. The molecular weight excluding hydrogens is 381 g/mol. The van der Waals surface area contributed by atoms with Crippen molar-refractivity contribution in [3.63, 3.8) is 0 Å². The SMILES string of the molecule is CCC1=C(Cc2ncc(C(F)(F)F)cc2C)C(=O)c2c(F)ccc(F)c2C1=O. The first kappa shape index (κ1) is 19.9. The average Bonchev–Trinajstić information content (AvgIpc) is 2.62. The van der Waals surface area contributed by atoms with Gasteiger partial charge >= 0.3 is 6.18 Å². The minimum atomic E-state index is -4.57. The van der Waals surface area contributed by atoms with E-state index in [-0.39, 0.29) is 35.2 Å². The van der Waals surface area contributed by atoms with Crippen LogP contribution in [0.25, 0.3) is 0 Å². The highest BCUT2D eigenvalue weighted by atomic mass is 19.4. The molecule has 0 N–H and O–H groups in total. The molecule has 0 amide bonds. The highest BCUT2D eigenvalue weighted by molar-refractivity contribution is 6.27. The molecule has 0 saturated carbocycles. The number of nitrogens with zero attached hydrogens (tertiary/aromatic N) is 1. The van der Waals surface area contributed by atoms with Gasteiger partial charge in [-0.25, -0.2) is 8.78 Å². The minimum Gasteiger partial charge on any atom is -0.289 e. The largest absolute Gasteiger partial charge is 0.417 e. The summed E-state index contributed by atoms with van der Waals surface area (Å²) in [5.41, 5.74) is -1.96. The van der Waals surface area contributed by atoms with Crippen molar-refractivity contribution >= 4 is 11.6 Å². The van der Waals surface area contributed by atoms with Gasteiger partial charge in [0, 0.05) is 29.5 Å². The van der Waals surface area contributed by atoms with E-state index in [9.17, 15) is 31.5 Å². The molecule has 28 heavy (non-hydrogen) atoms. The van der Waals surface area contributed by atoms with E-state index in [2.05, 4.69) is 4.98 Å². The highest BCUT2D eigenvalue weighted by Gasteiger charge is 2.36. The van der Waals surface area contributed by atoms with E-state index in [4.69, 9.17) is 0 Å². The lowest BCUT2D eigenvalue weighted by atomic mass is 9.80. The van der Waals surface area contributed by atoms with E-state index in [1.807, 2.05) is 0 Å². The number of halogens is 5. The number of carbonyl (C=O) groups is 2. The summed E-state index contributed by atoms with van der Waals surface area (Å²) in [6, 6.07) is 2.42. The predicted molar refractivity (Wildman–Crippen MR) is 90.0 cm³/mol. The normalized spacial score (nSPS) is 14.5. The highest BCUT2D eigenvalue weighted by Crippen LogP contribution is 2.34. The second-order valence-corrected chi connectivity index (χ2v) is 6.41. The molecule has 1 heterocycles. The molecule has 3 rings (SSSR count). The van der Waals surface area contributed by atoms with Crippen LogP contribution in [0.1, 0.15) is 50.9 Å². The van der Waals surface area contributed by atoms with Crippen molar-refractivity contribution in [2.45, 2.75) is 32.9 Å². The maximum absolute atomic E-state index is 14.2. The zero-order valence-corrected chi connectivity index (χ0v) is 14.9. The van der Waals surface area contributed by atoms with Crippen LogP contribution in [0.3, 0.4) is 0 Å². The Morgan fingerprint density at radius 3 is 1.96 bits per heavy atom. The molecule has 1 aromatic carbocycles. The molecule has 3 nitrogen and oxygen atoms in total. The summed E-state index contributed by atoms with van der Waals surface area (Å²) < 4.78 is 66.7. The number of allylic oxidation sites excluding steroid dienone is 2. The number of benzene rings is 1. The van der Waals surface area contributed by atoms with Gasteiger partial charge in [0.15, 0.2) is 11.6 Å². The molecule has 1 aromatic heterocycles. The van der Waals surface area contributed by atoms with E-state index in [1.165, 1.54) is 6.92 Å². The molecule has 0 atom stereocenters. The lowest BCUT2D eigenvalue weighted by Crippen LogP contribution is -2.26. The van der Waals surface area contributed by atoms with Gasteiger partial charge in [0.2, 0.25) is 0 Å². The molecule has 0 spiro atoms. The molecule has 0 aliphatic heterocycles. The molecular formula is C20H14F5NO2. The summed E-state index contributed by atoms with van der Waals surface area (Å²) in [5, 5.41) is 0. The first-order valence-corrected chi connectivity index (χ1v) is 8.38. The number of Topliss-reactive ketones (excluding diaryl/α,β-unsaturated/α-hetero) is 2. The standard InChI is InChI=1S/C20H14F5NO2/c1-3-11-12(7-15-9(2)6-10(8-26-15)20(23,24)25)19(28)17-14(22)5-4-13(21)16(17)18(11)27/h4-6,8H,3,7H2,1-2H3. The van der Waals surface area contributed by atoms with E-state index in [0.717, 1.165) is 18.2 Å². The van der Waals surface area contributed by atoms with Crippen LogP contribution in [-0.2, 0) is 12.6 Å². The lowest BCUT2D eigenvalue weighted by Gasteiger charge is -2.22. The van der Waals surface area contributed by atoms with Gasteiger partial charge in [-0.2, -0.15) is 13.2 Å². The quantitative estimate of drug-likeness (QED) is 0.686. The summed E-state index contributed by atoms with van der Waals surface area (Å²) in [6.07, 6.45) is -4.11. The molecule has 0 bridgehead atoms. The van der Waals surface area contributed by atoms with Gasteiger partial charge < -0.3 is 0 Å². The van der Waals surface area contributed by atoms with Crippen molar-refractivity contribution in [3.8, 4) is 0 Å². The number of rotatable bonds is 3. The Morgan fingerprint density at radius 2 is 1.50 bits per heavy atom. The van der Waals surface area contributed by atoms with Crippen molar-refractivity contribution < 1.29 is 31.5 Å². The number of hydrogen-bond donors (Lipinski definition) is 0.